The maximum Gasteiger partial charge on any atom is 0.194 e. The second kappa shape index (κ2) is 8.82. The molecule has 0 aliphatic carbocycles. The Labute approximate surface area is 159 Å². The quantitative estimate of drug-likeness (QED) is 0.431. The minimum Gasteiger partial charge on any atom is -0.357 e. The van der Waals surface area contributed by atoms with Gasteiger partial charge in [-0.25, -0.2) is 0 Å². The van der Waals surface area contributed by atoms with Gasteiger partial charge >= 0.3 is 0 Å². The van der Waals surface area contributed by atoms with E-state index in [-0.39, 0.29) is 24.0 Å². The van der Waals surface area contributed by atoms with Crippen LogP contribution in [0.25, 0.3) is 10.9 Å². The predicted octanol–water partition coefficient (Wildman–Crippen LogP) is 3.69. The molecule has 1 aliphatic heterocycles. The molecule has 6 heteroatoms. The van der Waals surface area contributed by atoms with E-state index >= 15 is 0 Å². The van der Waals surface area contributed by atoms with Gasteiger partial charge in [-0.15, -0.1) is 24.0 Å². The Morgan fingerprint density at radius 1 is 1.43 bits per heavy atom. The van der Waals surface area contributed by atoms with E-state index in [1.807, 2.05) is 7.05 Å². The molecule has 0 spiro atoms. The lowest BCUT2D eigenvalue weighted by Crippen LogP contribution is -2.47. The van der Waals surface area contributed by atoms with E-state index in [4.69, 9.17) is 0 Å². The average Bonchev–Trinajstić information content (AvgIpc) is 2.98. The lowest BCUT2D eigenvalue weighted by atomic mass is 10.2. The Hall–Kier alpha value is -0.890. The minimum atomic E-state index is 0. The molecule has 0 saturated carbocycles. The van der Waals surface area contributed by atoms with Crippen molar-refractivity contribution >= 4 is 52.6 Å². The van der Waals surface area contributed by atoms with E-state index in [0.29, 0.717) is 0 Å². The van der Waals surface area contributed by atoms with Gasteiger partial charge in [-0.1, -0.05) is 25.1 Å². The number of thioether (sulfide) groups is 1. The van der Waals surface area contributed by atoms with Crippen LogP contribution >= 0.6 is 35.7 Å². The molecule has 1 aromatic heterocycles. The highest BCUT2D eigenvalue weighted by atomic mass is 127. The summed E-state index contributed by atoms with van der Waals surface area (Å²) in [5, 5.41) is 5.48. The Morgan fingerprint density at radius 3 is 3.00 bits per heavy atom. The van der Waals surface area contributed by atoms with Crippen LogP contribution in [0.2, 0.25) is 0 Å². The molecule has 0 bridgehead atoms. The van der Waals surface area contributed by atoms with Crippen LogP contribution in [0.15, 0.2) is 35.3 Å². The van der Waals surface area contributed by atoms with E-state index in [1.54, 1.807) is 0 Å². The van der Waals surface area contributed by atoms with Crippen LogP contribution in [-0.4, -0.2) is 47.0 Å². The Bertz CT molecular complexity index is 622. The van der Waals surface area contributed by atoms with Gasteiger partial charge in [-0.2, -0.15) is 11.8 Å². The summed E-state index contributed by atoms with van der Waals surface area (Å²) in [4.78, 5) is 10.3. The molecule has 23 heavy (non-hydrogen) atoms. The average molecular weight is 444 g/mol. The number of rotatable bonds is 3. The maximum absolute atomic E-state index is 4.46. The van der Waals surface area contributed by atoms with Crippen LogP contribution in [0.1, 0.15) is 19.0 Å². The fourth-order valence-corrected chi connectivity index (χ4v) is 4.07. The van der Waals surface area contributed by atoms with E-state index in [2.05, 4.69) is 69.2 Å². The van der Waals surface area contributed by atoms with Gasteiger partial charge in [-0.3, -0.25) is 4.99 Å². The highest BCUT2D eigenvalue weighted by Crippen LogP contribution is 2.21. The van der Waals surface area contributed by atoms with Crippen LogP contribution in [0.3, 0.4) is 0 Å². The van der Waals surface area contributed by atoms with Crippen molar-refractivity contribution in [1.82, 2.24) is 15.2 Å². The van der Waals surface area contributed by atoms with E-state index in [0.717, 1.165) is 30.8 Å². The van der Waals surface area contributed by atoms with E-state index < -0.39 is 0 Å². The summed E-state index contributed by atoms with van der Waals surface area (Å²) in [6.07, 6.45) is 1.22. The number of H-pyrrole nitrogens is 1. The van der Waals surface area contributed by atoms with Crippen LogP contribution in [-0.2, 0) is 6.54 Å². The largest absolute Gasteiger partial charge is 0.357 e. The highest BCUT2D eigenvalue weighted by Gasteiger charge is 2.21. The summed E-state index contributed by atoms with van der Waals surface area (Å²) in [5.74, 6) is 2.20. The number of aliphatic imine (C=N–C) groups is 1. The lowest BCUT2D eigenvalue weighted by Gasteiger charge is -2.34. The van der Waals surface area contributed by atoms with Crippen molar-refractivity contribution in [2.45, 2.75) is 25.1 Å². The zero-order valence-electron chi connectivity index (χ0n) is 13.7. The number of halogens is 1. The molecule has 1 unspecified atom stereocenters. The first kappa shape index (κ1) is 18.4. The zero-order chi connectivity index (χ0) is 15.4. The molecule has 1 aliphatic rings. The lowest BCUT2D eigenvalue weighted by molar-refractivity contribution is 0.408. The Balaban J connectivity index is 0.00000192. The van der Waals surface area contributed by atoms with Crippen LogP contribution in [0.5, 0.6) is 0 Å². The Morgan fingerprint density at radius 2 is 2.26 bits per heavy atom. The van der Waals surface area contributed by atoms with Gasteiger partial charge in [0.1, 0.15) is 0 Å². The van der Waals surface area contributed by atoms with Crippen molar-refractivity contribution in [2.75, 3.05) is 25.9 Å². The number of aromatic nitrogens is 1. The maximum atomic E-state index is 4.46. The molecule has 2 heterocycles. The summed E-state index contributed by atoms with van der Waals surface area (Å²) in [6.45, 7) is 5.21. The monoisotopic (exact) mass is 444 g/mol. The third-order valence-electron chi connectivity index (χ3n) is 4.13. The third-order valence-corrected chi connectivity index (χ3v) is 5.50. The van der Waals surface area contributed by atoms with Gasteiger partial charge in [0.05, 0.1) is 6.54 Å². The first-order valence-electron chi connectivity index (χ1n) is 7.94. The Kier molecular flexibility index (Phi) is 7.08. The molecule has 2 aromatic rings. The molecule has 0 amide bonds. The molecule has 1 fully saturated rings. The van der Waals surface area contributed by atoms with Crippen molar-refractivity contribution in [1.29, 1.82) is 0 Å². The standard InChI is InChI=1S/C17H24N4S.HI/c1-3-15-12-21(8-9-22-15)17(18-2)19-11-14-10-13-6-4-5-7-16(13)20-14;/h4-7,10,15,20H,3,8-9,11-12H2,1-2H3,(H,18,19);1H. The van der Waals surface area contributed by atoms with Crippen molar-refractivity contribution in [3.8, 4) is 0 Å². The third kappa shape index (κ3) is 4.56. The highest BCUT2D eigenvalue weighted by molar-refractivity contribution is 14.0. The molecule has 1 saturated heterocycles. The molecule has 4 nitrogen and oxygen atoms in total. The van der Waals surface area contributed by atoms with E-state index in [1.165, 1.54) is 28.8 Å². The van der Waals surface area contributed by atoms with Gasteiger partial charge in [0.15, 0.2) is 5.96 Å². The number of nitrogens with zero attached hydrogens (tertiary/aromatic N) is 2. The first-order valence-corrected chi connectivity index (χ1v) is 8.99. The van der Waals surface area contributed by atoms with Crippen molar-refractivity contribution in [3.05, 3.63) is 36.0 Å². The van der Waals surface area contributed by atoms with E-state index in [9.17, 15) is 0 Å². The molecule has 3 rings (SSSR count). The van der Waals surface area contributed by atoms with Crippen LogP contribution in [0.4, 0.5) is 0 Å². The number of hydrogen-bond donors (Lipinski definition) is 2. The number of hydrogen-bond acceptors (Lipinski definition) is 2. The molecular formula is C17H25IN4S. The molecule has 1 atom stereocenters. The molecule has 0 radical (unpaired) electrons. The predicted molar refractivity (Wildman–Crippen MR) is 112 cm³/mol. The summed E-state index contributed by atoms with van der Waals surface area (Å²) in [5.41, 5.74) is 2.38. The fourth-order valence-electron chi connectivity index (χ4n) is 2.89. The van der Waals surface area contributed by atoms with Crippen molar-refractivity contribution < 1.29 is 0 Å². The normalized spacial score (nSPS) is 18.8. The van der Waals surface area contributed by atoms with Gasteiger partial charge in [0.25, 0.3) is 0 Å². The van der Waals surface area contributed by atoms with Crippen molar-refractivity contribution in [2.24, 2.45) is 4.99 Å². The van der Waals surface area contributed by atoms with Gasteiger partial charge in [0, 0.05) is 42.4 Å². The van der Waals surface area contributed by atoms with Gasteiger partial charge < -0.3 is 15.2 Å². The number of guanidine groups is 1. The number of nitrogens with one attached hydrogen (secondary N) is 2. The van der Waals surface area contributed by atoms with Gasteiger partial charge in [-0.05, 0) is 23.9 Å². The fraction of sp³-hybridized carbons (Fsp3) is 0.471. The van der Waals surface area contributed by atoms with Crippen molar-refractivity contribution in [3.63, 3.8) is 0 Å². The number of aromatic amines is 1. The topological polar surface area (TPSA) is 43.4 Å². The molecule has 2 N–H and O–H groups in total. The minimum absolute atomic E-state index is 0. The smallest absolute Gasteiger partial charge is 0.194 e. The van der Waals surface area contributed by atoms with Crippen LogP contribution < -0.4 is 5.32 Å². The second-order valence-corrected chi connectivity index (χ2v) is 7.04. The second-order valence-electron chi connectivity index (χ2n) is 5.63. The summed E-state index contributed by atoms with van der Waals surface area (Å²) in [7, 11) is 1.87. The summed E-state index contributed by atoms with van der Waals surface area (Å²) in [6, 6.07) is 10.6. The molecule has 1 aromatic carbocycles. The number of para-hydroxylation sites is 1. The number of benzene rings is 1. The first-order chi connectivity index (χ1) is 10.8. The summed E-state index contributed by atoms with van der Waals surface area (Å²) >= 11 is 2.08. The SMILES string of the molecule is CCC1CN(C(=NC)NCc2cc3ccccc3[nH]2)CCS1.I. The van der Waals surface area contributed by atoms with Gasteiger partial charge in [0.2, 0.25) is 0 Å². The summed E-state index contributed by atoms with van der Waals surface area (Å²) < 4.78 is 0. The molecular weight excluding hydrogens is 419 g/mol. The number of fused-ring (bicyclic) bond motifs is 1. The zero-order valence-corrected chi connectivity index (χ0v) is 16.9. The van der Waals surface area contributed by atoms with Crippen LogP contribution in [0, 0.1) is 0 Å². The molecule has 126 valence electrons.